The number of carbonyl (C=O) groups is 1. The Hall–Kier alpha value is -1.95. The highest BCUT2D eigenvalue weighted by Crippen LogP contribution is 2.28. The van der Waals surface area contributed by atoms with Crippen LogP contribution in [0.5, 0.6) is 10.9 Å². The van der Waals surface area contributed by atoms with Crippen LogP contribution in [0.25, 0.3) is 0 Å². The van der Waals surface area contributed by atoms with E-state index in [0.717, 1.165) is 11.5 Å². The van der Waals surface area contributed by atoms with Crippen molar-refractivity contribution in [1.29, 1.82) is 0 Å². The molecule has 0 saturated heterocycles. The molecule has 0 radical (unpaired) electrons. The van der Waals surface area contributed by atoms with E-state index in [9.17, 15) is 4.79 Å². The molecule has 88 valence electrons. The van der Waals surface area contributed by atoms with Gasteiger partial charge >= 0.3 is 5.97 Å². The second-order valence-corrected chi connectivity index (χ2v) is 4.16. The topological polar surface area (TPSA) is 72.3 Å². The summed E-state index contributed by atoms with van der Waals surface area (Å²) < 4.78 is 9.49. The number of hydrogen-bond donors (Lipinski definition) is 1. The quantitative estimate of drug-likeness (QED) is 0.906. The monoisotopic (exact) mass is 250 g/mol. The minimum atomic E-state index is -0.971. The lowest BCUT2D eigenvalue weighted by Gasteiger charge is -2.07. The maximum absolute atomic E-state index is 10.9. The third kappa shape index (κ3) is 2.42. The van der Waals surface area contributed by atoms with Gasteiger partial charge in [0.05, 0.1) is 5.56 Å². The molecule has 1 aromatic carbocycles. The summed E-state index contributed by atoms with van der Waals surface area (Å²) in [6.45, 7) is 3.47. The Labute approximate surface area is 102 Å². The van der Waals surface area contributed by atoms with Crippen molar-refractivity contribution in [3.63, 3.8) is 0 Å². The van der Waals surface area contributed by atoms with Gasteiger partial charge in [-0.15, -0.1) is 0 Å². The number of hydrogen-bond acceptors (Lipinski definition) is 5. The van der Waals surface area contributed by atoms with Gasteiger partial charge in [0.25, 0.3) is 5.19 Å². The van der Waals surface area contributed by atoms with Crippen molar-refractivity contribution < 1.29 is 14.6 Å². The fourth-order valence-corrected chi connectivity index (χ4v) is 1.92. The summed E-state index contributed by atoms with van der Waals surface area (Å²) in [6, 6.07) is 4.88. The molecule has 0 bridgehead atoms. The molecule has 17 heavy (non-hydrogen) atoms. The smallest absolute Gasteiger partial charge is 0.336 e. The standard InChI is InChI=1S/C11H10N2O3S/c1-6-8(10(14)15)4-3-5-9(6)16-11-12-7(2)13-17-11/h3-5H,1-2H3,(H,14,15). The first kappa shape index (κ1) is 11.5. The second-order valence-electron chi connectivity index (χ2n) is 3.44. The summed E-state index contributed by atoms with van der Waals surface area (Å²) in [5, 5.41) is 9.39. The van der Waals surface area contributed by atoms with E-state index in [4.69, 9.17) is 9.84 Å². The molecule has 2 aromatic rings. The summed E-state index contributed by atoms with van der Waals surface area (Å²) in [7, 11) is 0. The van der Waals surface area contributed by atoms with Crippen LogP contribution < -0.4 is 4.74 Å². The lowest BCUT2D eigenvalue weighted by molar-refractivity contribution is 0.0695. The number of benzene rings is 1. The number of carboxylic acid groups (broad SMARTS) is 1. The molecule has 0 aliphatic rings. The van der Waals surface area contributed by atoms with E-state index < -0.39 is 5.97 Å². The largest absolute Gasteiger partial charge is 0.478 e. The van der Waals surface area contributed by atoms with Crippen LogP contribution in [0.15, 0.2) is 18.2 Å². The van der Waals surface area contributed by atoms with E-state index in [1.807, 2.05) is 0 Å². The van der Waals surface area contributed by atoms with Crippen molar-refractivity contribution in [2.24, 2.45) is 0 Å². The molecule has 1 aromatic heterocycles. The Balaban J connectivity index is 2.33. The summed E-state index contributed by atoms with van der Waals surface area (Å²) in [6.07, 6.45) is 0. The summed E-state index contributed by atoms with van der Waals surface area (Å²) >= 11 is 1.14. The molecule has 5 nitrogen and oxygen atoms in total. The Bertz CT molecular complexity index is 566. The minimum Gasteiger partial charge on any atom is -0.478 e. The first-order valence-electron chi connectivity index (χ1n) is 4.89. The van der Waals surface area contributed by atoms with E-state index in [-0.39, 0.29) is 5.56 Å². The Morgan fingerprint density at radius 2 is 2.18 bits per heavy atom. The maximum atomic E-state index is 10.9. The SMILES string of the molecule is Cc1nsc(Oc2cccc(C(=O)O)c2C)n1. The zero-order chi connectivity index (χ0) is 12.4. The van der Waals surface area contributed by atoms with Crippen LogP contribution in [0, 0.1) is 13.8 Å². The Morgan fingerprint density at radius 1 is 1.41 bits per heavy atom. The number of rotatable bonds is 3. The molecule has 1 heterocycles. The van der Waals surface area contributed by atoms with Crippen LogP contribution in [0.4, 0.5) is 0 Å². The first-order chi connectivity index (χ1) is 8.08. The maximum Gasteiger partial charge on any atom is 0.336 e. The van der Waals surface area contributed by atoms with Gasteiger partial charge < -0.3 is 9.84 Å². The third-order valence-electron chi connectivity index (χ3n) is 2.22. The highest BCUT2D eigenvalue weighted by molar-refractivity contribution is 7.07. The predicted molar refractivity (Wildman–Crippen MR) is 62.9 cm³/mol. The van der Waals surface area contributed by atoms with Gasteiger partial charge in [-0.3, -0.25) is 0 Å². The van der Waals surface area contributed by atoms with E-state index in [1.54, 1.807) is 26.0 Å². The van der Waals surface area contributed by atoms with Gasteiger partial charge in [-0.1, -0.05) is 6.07 Å². The summed E-state index contributed by atoms with van der Waals surface area (Å²) in [4.78, 5) is 15.0. The normalized spacial score (nSPS) is 10.2. The van der Waals surface area contributed by atoms with Gasteiger partial charge in [-0.05, 0) is 26.0 Å². The Morgan fingerprint density at radius 3 is 2.76 bits per heavy atom. The Kier molecular flexibility index (Phi) is 3.06. The lowest BCUT2D eigenvalue weighted by atomic mass is 10.1. The van der Waals surface area contributed by atoms with Crippen molar-refractivity contribution in [2.45, 2.75) is 13.8 Å². The van der Waals surface area contributed by atoms with Crippen molar-refractivity contribution in [3.8, 4) is 10.9 Å². The van der Waals surface area contributed by atoms with Crippen LogP contribution in [0.3, 0.4) is 0 Å². The van der Waals surface area contributed by atoms with Crippen molar-refractivity contribution in [3.05, 3.63) is 35.2 Å². The van der Waals surface area contributed by atoms with Crippen molar-refractivity contribution in [1.82, 2.24) is 9.36 Å². The number of carboxylic acids is 1. The zero-order valence-corrected chi connectivity index (χ0v) is 10.1. The molecule has 0 aliphatic carbocycles. The average Bonchev–Trinajstić information content (AvgIpc) is 2.67. The van der Waals surface area contributed by atoms with Crippen LogP contribution in [0.1, 0.15) is 21.7 Å². The zero-order valence-electron chi connectivity index (χ0n) is 9.30. The van der Waals surface area contributed by atoms with E-state index in [1.165, 1.54) is 6.07 Å². The third-order valence-corrected chi connectivity index (χ3v) is 2.91. The molecular formula is C11H10N2O3S. The first-order valence-corrected chi connectivity index (χ1v) is 5.66. The number of aromatic carboxylic acids is 1. The van der Waals surface area contributed by atoms with E-state index in [2.05, 4.69) is 9.36 Å². The van der Waals surface area contributed by atoms with Gasteiger partial charge in [-0.2, -0.15) is 9.36 Å². The van der Waals surface area contributed by atoms with Gasteiger partial charge in [-0.25, -0.2) is 4.79 Å². The van der Waals surface area contributed by atoms with E-state index in [0.29, 0.717) is 22.3 Å². The second kappa shape index (κ2) is 4.50. The highest BCUT2D eigenvalue weighted by atomic mass is 32.1. The van der Waals surface area contributed by atoms with Crippen molar-refractivity contribution >= 4 is 17.5 Å². The average molecular weight is 250 g/mol. The molecule has 6 heteroatoms. The summed E-state index contributed by atoms with van der Waals surface area (Å²) in [5.74, 6) is 0.152. The van der Waals surface area contributed by atoms with Crippen LogP contribution >= 0.6 is 11.5 Å². The molecule has 0 unspecified atom stereocenters. The number of aryl methyl sites for hydroxylation is 1. The predicted octanol–water partition coefficient (Wildman–Crippen LogP) is 2.65. The van der Waals surface area contributed by atoms with Crippen molar-refractivity contribution in [2.75, 3.05) is 0 Å². The number of ether oxygens (including phenoxy) is 1. The van der Waals surface area contributed by atoms with E-state index >= 15 is 0 Å². The fourth-order valence-electron chi connectivity index (χ4n) is 1.37. The number of nitrogens with zero attached hydrogens (tertiary/aromatic N) is 2. The van der Waals surface area contributed by atoms with Crippen LogP contribution in [-0.4, -0.2) is 20.4 Å². The summed E-state index contributed by atoms with van der Waals surface area (Å²) in [5.41, 5.74) is 0.802. The van der Waals surface area contributed by atoms with Gasteiger partial charge in [0, 0.05) is 17.1 Å². The molecule has 0 saturated carbocycles. The molecule has 0 fully saturated rings. The van der Waals surface area contributed by atoms with Crippen LogP contribution in [0.2, 0.25) is 0 Å². The molecular weight excluding hydrogens is 240 g/mol. The molecule has 0 aliphatic heterocycles. The molecule has 2 rings (SSSR count). The van der Waals surface area contributed by atoms with Gasteiger partial charge in [0.15, 0.2) is 0 Å². The fraction of sp³-hybridized carbons (Fsp3) is 0.182. The molecule has 0 atom stereocenters. The highest BCUT2D eigenvalue weighted by Gasteiger charge is 2.12. The number of aromatic nitrogens is 2. The minimum absolute atomic E-state index is 0.226. The molecule has 0 spiro atoms. The van der Waals surface area contributed by atoms with Gasteiger partial charge in [0.1, 0.15) is 11.6 Å². The lowest BCUT2D eigenvalue weighted by Crippen LogP contribution is -2.00. The van der Waals surface area contributed by atoms with Crippen LogP contribution in [-0.2, 0) is 0 Å². The van der Waals surface area contributed by atoms with Gasteiger partial charge in [0.2, 0.25) is 0 Å². The molecule has 1 N–H and O–H groups in total. The molecule has 0 amide bonds.